The predicted octanol–water partition coefficient (Wildman–Crippen LogP) is 2.43. The number of ether oxygens (including phenoxy) is 1. The first-order valence-electron chi connectivity index (χ1n) is 5.04. The third-order valence-electron chi connectivity index (χ3n) is 2.59. The Morgan fingerprint density at radius 3 is 2.47 bits per heavy atom. The van der Waals surface area contributed by atoms with Crippen molar-refractivity contribution in [3.63, 3.8) is 0 Å². The molecular weight excluding hydrogens is 238 g/mol. The Labute approximate surface area is 106 Å². The van der Waals surface area contributed by atoms with Crippen LogP contribution in [0.15, 0.2) is 42.5 Å². The van der Waals surface area contributed by atoms with Crippen LogP contribution in [0.3, 0.4) is 0 Å². The van der Waals surface area contributed by atoms with E-state index in [-0.39, 0.29) is 12.4 Å². The van der Waals surface area contributed by atoms with Crippen LogP contribution in [0, 0.1) is 0 Å². The second-order valence-electron chi connectivity index (χ2n) is 3.61. The number of benzene rings is 2. The molecule has 3 nitrogen and oxygen atoms in total. The monoisotopic (exact) mass is 251 g/mol. The fourth-order valence-corrected chi connectivity index (χ4v) is 1.66. The first kappa shape index (κ1) is 13.5. The maximum atomic E-state index is 11.3. The van der Waals surface area contributed by atoms with Gasteiger partial charge in [-0.1, -0.05) is 36.4 Å². The van der Waals surface area contributed by atoms with Crippen LogP contribution in [0.4, 0.5) is 0 Å². The minimum Gasteiger partial charge on any atom is -0.468 e. The van der Waals surface area contributed by atoms with Crippen molar-refractivity contribution in [2.45, 2.75) is 6.04 Å². The molecule has 2 rings (SSSR count). The molecule has 0 spiro atoms. The van der Waals surface area contributed by atoms with Gasteiger partial charge < -0.3 is 10.5 Å². The SMILES string of the molecule is COC(=O)C(N)c1ccc2ccccc2c1.Cl. The highest BCUT2D eigenvalue weighted by Gasteiger charge is 2.15. The van der Waals surface area contributed by atoms with E-state index in [4.69, 9.17) is 5.73 Å². The maximum absolute atomic E-state index is 11.3. The second kappa shape index (κ2) is 5.66. The van der Waals surface area contributed by atoms with Gasteiger partial charge in [0.05, 0.1) is 7.11 Å². The van der Waals surface area contributed by atoms with E-state index in [0.717, 1.165) is 16.3 Å². The lowest BCUT2D eigenvalue weighted by atomic mass is 10.0. The summed E-state index contributed by atoms with van der Waals surface area (Å²) in [5, 5.41) is 2.20. The number of fused-ring (bicyclic) bond motifs is 1. The molecule has 2 N–H and O–H groups in total. The van der Waals surface area contributed by atoms with E-state index in [1.807, 2.05) is 42.5 Å². The second-order valence-corrected chi connectivity index (χ2v) is 3.61. The molecule has 0 aliphatic heterocycles. The highest BCUT2D eigenvalue weighted by atomic mass is 35.5. The summed E-state index contributed by atoms with van der Waals surface area (Å²) in [6.07, 6.45) is 0. The molecule has 0 aromatic heterocycles. The van der Waals surface area contributed by atoms with Crippen LogP contribution in [-0.4, -0.2) is 13.1 Å². The van der Waals surface area contributed by atoms with Crippen LogP contribution in [-0.2, 0) is 9.53 Å². The van der Waals surface area contributed by atoms with Crippen LogP contribution in [0.5, 0.6) is 0 Å². The molecule has 0 saturated heterocycles. The zero-order chi connectivity index (χ0) is 11.5. The van der Waals surface area contributed by atoms with E-state index in [1.165, 1.54) is 7.11 Å². The fourth-order valence-electron chi connectivity index (χ4n) is 1.66. The Morgan fingerprint density at radius 2 is 1.82 bits per heavy atom. The lowest BCUT2D eigenvalue weighted by Gasteiger charge is -2.10. The lowest BCUT2D eigenvalue weighted by molar-refractivity contribution is -0.142. The minimum atomic E-state index is -0.713. The van der Waals surface area contributed by atoms with Crippen molar-refractivity contribution in [1.82, 2.24) is 0 Å². The van der Waals surface area contributed by atoms with Crippen LogP contribution in [0.2, 0.25) is 0 Å². The van der Waals surface area contributed by atoms with Crippen molar-refractivity contribution < 1.29 is 9.53 Å². The number of rotatable bonds is 2. The van der Waals surface area contributed by atoms with Crippen molar-refractivity contribution in [2.75, 3.05) is 7.11 Å². The zero-order valence-corrected chi connectivity index (χ0v) is 10.2. The standard InChI is InChI=1S/C13H13NO2.ClH/c1-16-13(15)12(14)11-7-6-9-4-2-3-5-10(9)8-11;/h2-8,12H,14H2,1H3;1H. The third-order valence-corrected chi connectivity index (χ3v) is 2.59. The summed E-state index contributed by atoms with van der Waals surface area (Å²) in [6, 6.07) is 12.9. The molecule has 0 aliphatic rings. The summed E-state index contributed by atoms with van der Waals surface area (Å²) in [7, 11) is 1.34. The topological polar surface area (TPSA) is 52.3 Å². The molecule has 0 fully saturated rings. The van der Waals surface area contributed by atoms with Gasteiger partial charge >= 0.3 is 5.97 Å². The Kier molecular flexibility index (Phi) is 4.49. The quantitative estimate of drug-likeness (QED) is 0.834. The molecule has 0 bridgehead atoms. The van der Waals surface area contributed by atoms with Crippen molar-refractivity contribution in [2.24, 2.45) is 5.73 Å². The van der Waals surface area contributed by atoms with Crippen LogP contribution in [0.25, 0.3) is 10.8 Å². The molecule has 0 radical (unpaired) electrons. The van der Waals surface area contributed by atoms with E-state index >= 15 is 0 Å². The summed E-state index contributed by atoms with van der Waals surface area (Å²) < 4.78 is 4.61. The van der Waals surface area contributed by atoms with Crippen molar-refractivity contribution >= 4 is 29.1 Å². The number of carbonyl (C=O) groups excluding carboxylic acids is 1. The number of hydrogen-bond acceptors (Lipinski definition) is 3. The van der Waals surface area contributed by atoms with E-state index < -0.39 is 12.0 Å². The van der Waals surface area contributed by atoms with E-state index in [1.54, 1.807) is 0 Å². The molecule has 90 valence electrons. The number of carbonyl (C=O) groups is 1. The third kappa shape index (κ3) is 2.75. The van der Waals surface area contributed by atoms with Crippen LogP contribution in [0.1, 0.15) is 11.6 Å². The molecule has 4 heteroatoms. The van der Waals surface area contributed by atoms with Gasteiger partial charge in [-0.05, 0) is 22.4 Å². The summed E-state index contributed by atoms with van der Waals surface area (Å²) in [6.45, 7) is 0. The molecule has 1 atom stereocenters. The van der Waals surface area contributed by atoms with Gasteiger partial charge in [0.2, 0.25) is 0 Å². The molecule has 2 aromatic carbocycles. The van der Waals surface area contributed by atoms with E-state index in [0.29, 0.717) is 0 Å². The minimum absolute atomic E-state index is 0. The fraction of sp³-hybridized carbons (Fsp3) is 0.154. The smallest absolute Gasteiger partial charge is 0.327 e. The Morgan fingerprint density at radius 1 is 1.18 bits per heavy atom. The number of nitrogens with two attached hydrogens (primary N) is 1. The Hall–Kier alpha value is -1.58. The van der Waals surface area contributed by atoms with Crippen molar-refractivity contribution in [1.29, 1.82) is 0 Å². The molecule has 0 aliphatic carbocycles. The Bertz CT molecular complexity index is 528. The molecular formula is C13H14ClNO2. The molecule has 17 heavy (non-hydrogen) atoms. The Balaban J connectivity index is 0.00000144. The van der Waals surface area contributed by atoms with Gasteiger partial charge in [0, 0.05) is 0 Å². The zero-order valence-electron chi connectivity index (χ0n) is 9.42. The summed E-state index contributed by atoms with van der Waals surface area (Å²) in [5.41, 5.74) is 6.53. The average molecular weight is 252 g/mol. The van der Waals surface area contributed by atoms with Gasteiger partial charge in [-0.2, -0.15) is 0 Å². The predicted molar refractivity (Wildman–Crippen MR) is 70.1 cm³/mol. The van der Waals surface area contributed by atoms with Gasteiger partial charge in [-0.15, -0.1) is 12.4 Å². The maximum Gasteiger partial charge on any atom is 0.327 e. The van der Waals surface area contributed by atoms with Gasteiger partial charge in [0.1, 0.15) is 6.04 Å². The van der Waals surface area contributed by atoms with Crippen LogP contribution >= 0.6 is 12.4 Å². The first-order valence-corrected chi connectivity index (χ1v) is 5.04. The molecule has 0 heterocycles. The normalized spacial score (nSPS) is 11.6. The molecule has 0 saturated carbocycles. The first-order chi connectivity index (χ1) is 7.72. The van der Waals surface area contributed by atoms with Gasteiger partial charge in [0.25, 0.3) is 0 Å². The number of esters is 1. The number of hydrogen-bond donors (Lipinski definition) is 1. The lowest BCUT2D eigenvalue weighted by Crippen LogP contribution is -2.22. The molecule has 0 amide bonds. The van der Waals surface area contributed by atoms with E-state index in [9.17, 15) is 4.79 Å². The average Bonchev–Trinajstić information content (AvgIpc) is 2.36. The van der Waals surface area contributed by atoms with Crippen LogP contribution < -0.4 is 5.73 Å². The highest BCUT2D eigenvalue weighted by Crippen LogP contribution is 2.19. The summed E-state index contributed by atoms with van der Waals surface area (Å²) >= 11 is 0. The summed E-state index contributed by atoms with van der Waals surface area (Å²) in [5.74, 6) is -0.421. The largest absolute Gasteiger partial charge is 0.468 e. The van der Waals surface area contributed by atoms with Gasteiger partial charge in [0.15, 0.2) is 0 Å². The summed E-state index contributed by atoms with van der Waals surface area (Å²) in [4.78, 5) is 11.3. The number of methoxy groups -OCH3 is 1. The highest BCUT2D eigenvalue weighted by molar-refractivity contribution is 5.86. The van der Waals surface area contributed by atoms with Crippen molar-refractivity contribution in [3.05, 3.63) is 48.0 Å². The van der Waals surface area contributed by atoms with Crippen molar-refractivity contribution in [3.8, 4) is 0 Å². The molecule has 1 unspecified atom stereocenters. The van der Waals surface area contributed by atoms with Gasteiger partial charge in [-0.25, -0.2) is 0 Å². The molecule has 2 aromatic rings. The number of halogens is 1. The van der Waals surface area contributed by atoms with Gasteiger partial charge in [-0.3, -0.25) is 4.79 Å². The van der Waals surface area contributed by atoms with E-state index in [2.05, 4.69) is 4.74 Å².